The predicted molar refractivity (Wildman–Crippen MR) is 70.1 cm³/mol. The zero-order chi connectivity index (χ0) is 13.0. The normalized spacial score (nSPS) is 14.6. The lowest BCUT2D eigenvalue weighted by atomic mass is 10.1. The second kappa shape index (κ2) is 6.27. The lowest BCUT2D eigenvalue weighted by Crippen LogP contribution is -2.05. The Morgan fingerprint density at radius 2 is 2.17 bits per heavy atom. The Bertz CT molecular complexity index is 407. The quantitative estimate of drug-likeness (QED) is 0.775. The molecule has 4 nitrogen and oxygen atoms in total. The zero-order valence-corrected chi connectivity index (χ0v) is 11.2. The molecule has 1 aromatic carbocycles. The van der Waals surface area contributed by atoms with Gasteiger partial charge < -0.3 is 14.3 Å². The topological polar surface area (TPSA) is 53.7 Å². The average Bonchev–Trinajstić information content (AvgIpc) is 3.18. The molecule has 0 aromatic heterocycles. The Morgan fingerprint density at radius 3 is 2.78 bits per heavy atom. The number of methoxy groups -OCH3 is 1. The Morgan fingerprint density at radius 1 is 1.39 bits per heavy atom. The van der Waals surface area contributed by atoms with E-state index in [9.17, 15) is 0 Å². The largest absolute Gasteiger partial charge is 0.493 e. The van der Waals surface area contributed by atoms with Crippen molar-refractivity contribution in [3.8, 4) is 11.5 Å². The number of ether oxygens (including phenoxy) is 2. The van der Waals surface area contributed by atoms with Gasteiger partial charge in [-0.2, -0.15) is 0 Å². The average molecular weight is 272 g/mol. The summed E-state index contributed by atoms with van der Waals surface area (Å²) in [5, 5.41) is 0.571. The Hall–Kier alpha value is -0.970. The summed E-state index contributed by atoms with van der Waals surface area (Å²) in [6.45, 7) is 1.16. The van der Waals surface area contributed by atoms with Crippen LogP contribution in [0.5, 0.6) is 11.5 Å². The molecular weight excluding hydrogens is 254 g/mol. The molecule has 0 atom stereocenters. The number of halogens is 1. The van der Waals surface area contributed by atoms with Crippen LogP contribution < -0.4 is 15.4 Å². The fraction of sp³-hybridized carbons (Fsp3) is 0.538. The molecule has 1 aliphatic rings. The third-order valence-electron chi connectivity index (χ3n) is 2.96. The smallest absolute Gasteiger partial charge is 0.179 e. The Kier molecular flexibility index (Phi) is 4.69. The van der Waals surface area contributed by atoms with Crippen LogP contribution in [-0.4, -0.2) is 20.3 Å². The second-order valence-electron chi connectivity index (χ2n) is 4.48. The molecule has 0 amide bonds. The van der Waals surface area contributed by atoms with Crippen molar-refractivity contribution in [3.05, 3.63) is 22.7 Å². The van der Waals surface area contributed by atoms with Crippen molar-refractivity contribution >= 4 is 11.6 Å². The molecule has 5 heteroatoms. The fourth-order valence-electron chi connectivity index (χ4n) is 1.72. The van der Waals surface area contributed by atoms with E-state index in [0.717, 1.165) is 5.56 Å². The molecule has 2 rings (SSSR count). The van der Waals surface area contributed by atoms with E-state index in [2.05, 4.69) is 4.84 Å². The fourth-order valence-corrected chi connectivity index (χ4v) is 2.01. The third-order valence-corrected chi connectivity index (χ3v) is 3.24. The summed E-state index contributed by atoms with van der Waals surface area (Å²) in [5.41, 5.74) is 1.01. The molecule has 1 aliphatic carbocycles. The highest BCUT2D eigenvalue weighted by atomic mass is 35.5. The van der Waals surface area contributed by atoms with Crippen molar-refractivity contribution in [1.29, 1.82) is 0 Å². The Balaban J connectivity index is 2.11. The van der Waals surface area contributed by atoms with Gasteiger partial charge >= 0.3 is 0 Å². The molecule has 0 heterocycles. The highest BCUT2D eigenvalue weighted by Crippen LogP contribution is 2.38. The molecule has 0 radical (unpaired) electrons. The van der Waals surface area contributed by atoms with Gasteiger partial charge in [-0.05, 0) is 42.9 Å². The molecule has 2 N–H and O–H groups in total. The van der Waals surface area contributed by atoms with Gasteiger partial charge in [-0.3, -0.25) is 0 Å². The standard InChI is InChI=1S/C13H18ClNO3/c1-16-12-7-10(4-5-18-15)6-11(14)13(12)17-8-9-2-3-9/h6-7,9H,2-5,8,15H2,1H3. The molecule has 1 saturated carbocycles. The molecule has 1 aromatic rings. The maximum absolute atomic E-state index is 6.22. The number of rotatable bonds is 7. The van der Waals surface area contributed by atoms with Gasteiger partial charge in [0, 0.05) is 0 Å². The molecule has 0 unspecified atom stereocenters. The van der Waals surface area contributed by atoms with Crippen molar-refractivity contribution in [2.75, 3.05) is 20.3 Å². The van der Waals surface area contributed by atoms with Crippen LogP contribution in [0.1, 0.15) is 18.4 Å². The molecule has 0 spiro atoms. The summed E-state index contributed by atoms with van der Waals surface area (Å²) in [6, 6.07) is 3.78. The van der Waals surface area contributed by atoms with Gasteiger partial charge in [-0.25, -0.2) is 5.90 Å². The monoisotopic (exact) mass is 271 g/mol. The van der Waals surface area contributed by atoms with Gasteiger partial charge in [0.2, 0.25) is 0 Å². The highest BCUT2D eigenvalue weighted by Gasteiger charge is 2.23. The number of hydrogen-bond acceptors (Lipinski definition) is 4. The van der Waals surface area contributed by atoms with E-state index in [1.165, 1.54) is 12.8 Å². The van der Waals surface area contributed by atoms with Crippen LogP contribution in [0.3, 0.4) is 0 Å². The van der Waals surface area contributed by atoms with Crippen molar-refractivity contribution < 1.29 is 14.3 Å². The van der Waals surface area contributed by atoms with E-state index >= 15 is 0 Å². The first-order valence-electron chi connectivity index (χ1n) is 6.05. The van der Waals surface area contributed by atoms with Gasteiger partial charge in [-0.1, -0.05) is 11.6 Å². The minimum atomic E-state index is 0.446. The minimum Gasteiger partial charge on any atom is -0.493 e. The Labute approximate surface area is 112 Å². The van der Waals surface area contributed by atoms with E-state index in [-0.39, 0.29) is 0 Å². The van der Waals surface area contributed by atoms with Gasteiger partial charge in [0.15, 0.2) is 11.5 Å². The molecule has 0 aliphatic heterocycles. The predicted octanol–water partition coefficient (Wildman–Crippen LogP) is 2.57. The van der Waals surface area contributed by atoms with Gasteiger partial charge in [0.1, 0.15) is 0 Å². The van der Waals surface area contributed by atoms with Crippen LogP contribution in [0.2, 0.25) is 5.02 Å². The van der Waals surface area contributed by atoms with Crippen molar-refractivity contribution in [2.24, 2.45) is 11.8 Å². The number of hydrogen-bond donors (Lipinski definition) is 1. The van der Waals surface area contributed by atoms with Crippen LogP contribution in [0.25, 0.3) is 0 Å². The van der Waals surface area contributed by atoms with Crippen molar-refractivity contribution in [1.82, 2.24) is 0 Å². The summed E-state index contributed by atoms with van der Waals surface area (Å²) < 4.78 is 11.0. The van der Waals surface area contributed by atoms with Crippen LogP contribution in [0.15, 0.2) is 12.1 Å². The van der Waals surface area contributed by atoms with Crippen molar-refractivity contribution in [2.45, 2.75) is 19.3 Å². The van der Waals surface area contributed by atoms with E-state index in [1.54, 1.807) is 7.11 Å². The third kappa shape index (κ3) is 3.51. The first-order chi connectivity index (χ1) is 8.74. The van der Waals surface area contributed by atoms with Crippen molar-refractivity contribution in [3.63, 3.8) is 0 Å². The van der Waals surface area contributed by atoms with E-state index in [0.29, 0.717) is 42.1 Å². The van der Waals surface area contributed by atoms with Crippen LogP contribution in [0, 0.1) is 5.92 Å². The molecule has 0 saturated heterocycles. The second-order valence-corrected chi connectivity index (χ2v) is 4.89. The summed E-state index contributed by atoms with van der Waals surface area (Å²) in [4.78, 5) is 4.56. The van der Waals surface area contributed by atoms with Gasteiger partial charge in [0.05, 0.1) is 25.3 Å². The van der Waals surface area contributed by atoms with E-state index in [1.807, 2.05) is 12.1 Å². The molecule has 100 valence electrons. The summed E-state index contributed by atoms with van der Waals surface area (Å²) in [5.74, 6) is 6.98. The number of nitrogens with two attached hydrogens (primary N) is 1. The van der Waals surface area contributed by atoms with E-state index < -0.39 is 0 Å². The van der Waals surface area contributed by atoms with Gasteiger partial charge in [-0.15, -0.1) is 0 Å². The van der Waals surface area contributed by atoms with Crippen LogP contribution in [0.4, 0.5) is 0 Å². The lowest BCUT2D eigenvalue weighted by Gasteiger charge is -2.14. The lowest BCUT2D eigenvalue weighted by molar-refractivity contribution is 0.141. The molecular formula is C13H18ClNO3. The SMILES string of the molecule is COc1cc(CCON)cc(Cl)c1OCC1CC1. The summed E-state index contributed by atoms with van der Waals surface area (Å²) in [6.07, 6.45) is 3.17. The molecule has 18 heavy (non-hydrogen) atoms. The number of benzene rings is 1. The zero-order valence-electron chi connectivity index (χ0n) is 10.4. The summed E-state index contributed by atoms with van der Waals surface area (Å²) in [7, 11) is 1.61. The molecule has 1 fully saturated rings. The highest BCUT2D eigenvalue weighted by molar-refractivity contribution is 6.32. The van der Waals surface area contributed by atoms with Crippen LogP contribution in [-0.2, 0) is 11.3 Å². The maximum Gasteiger partial charge on any atom is 0.179 e. The van der Waals surface area contributed by atoms with Crippen LogP contribution >= 0.6 is 11.6 Å². The maximum atomic E-state index is 6.22. The first kappa shape index (κ1) is 13.5. The van der Waals surface area contributed by atoms with E-state index in [4.69, 9.17) is 27.0 Å². The first-order valence-corrected chi connectivity index (χ1v) is 6.43. The molecule has 0 bridgehead atoms. The van der Waals surface area contributed by atoms with Gasteiger partial charge in [0.25, 0.3) is 0 Å². The minimum absolute atomic E-state index is 0.446. The summed E-state index contributed by atoms with van der Waals surface area (Å²) >= 11 is 6.22.